The molecule has 1 aliphatic heterocycles. The fourth-order valence-corrected chi connectivity index (χ4v) is 2.62. The second-order valence-electron chi connectivity index (χ2n) is 5.22. The van der Waals surface area contributed by atoms with Crippen molar-refractivity contribution in [1.82, 2.24) is 10.2 Å². The van der Waals surface area contributed by atoms with E-state index < -0.39 is 0 Å². The zero-order chi connectivity index (χ0) is 12.1. The van der Waals surface area contributed by atoms with E-state index in [1.165, 1.54) is 38.0 Å². The molecule has 1 unspecified atom stereocenters. The second-order valence-corrected chi connectivity index (χ2v) is 5.22. The molecule has 1 N–H and O–H groups in total. The molecule has 17 heavy (non-hydrogen) atoms. The molecule has 1 heterocycles. The first-order valence-electron chi connectivity index (χ1n) is 6.73. The molecule has 2 rings (SSSR count). The lowest BCUT2D eigenvalue weighted by atomic mass is 9.96. The fourth-order valence-electron chi connectivity index (χ4n) is 2.62. The highest BCUT2D eigenvalue weighted by molar-refractivity contribution is 5.18. The van der Waals surface area contributed by atoms with Crippen molar-refractivity contribution >= 4 is 0 Å². The first-order chi connectivity index (χ1) is 8.27. The smallest absolute Gasteiger partial charge is 0.0316 e. The van der Waals surface area contributed by atoms with Crippen molar-refractivity contribution in [3.8, 4) is 0 Å². The molecule has 1 aromatic carbocycles. The lowest BCUT2D eigenvalue weighted by molar-refractivity contribution is 0.197. The van der Waals surface area contributed by atoms with E-state index in [1.54, 1.807) is 0 Å². The number of nitrogens with zero attached hydrogens (tertiary/aromatic N) is 1. The Kier molecular flexibility index (Phi) is 4.57. The minimum atomic E-state index is 0.520. The van der Waals surface area contributed by atoms with Crippen LogP contribution < -0.4 is 5.32 Å². The van der Waals surface area contributed by atoms with E-state index in [0.29, 0.717) is 6.04 Å². The number of nitrogens with one attached hydrogen (secondary N) is 1. The van der Waals surface area contributed by atoms with Crippen molar-refractivity contribution in [2.24, 2.45) is 5.92 Å². The summed E-state index contributed by atoms with van der Waals surface area (Å²) in [5, 5.41) is 3.43. The predicted octanol–water partition coefficient (Wildman–Crippen LogP) is 2.68. The van der Waals surface area contributed by atoms with Crippen molar-refractivity contribution in [2.75, 3.05) is 26.7 Å². The summed E-state index contributed by atoms with van der Waals surface area (Å²) in [4.78, 5) is 2.49. The molecular weight excluding hydrogens is 208 g/mol. The van der Waals surface area contributed by atoms with Crippen LogP contribution in [0.2, 0.25) is 0 Å². The van der Waals surface area contributed by atoms with Gasteiger partial charge in [0, 0.05) is 12.6 Å². The van der Waals surface area contributed by atoms with E-state index >= 15 is 0 Å². The van der Waals surface area contributed by atoms with Crippen LogP contribution >= 0.6 is 0 Å². The summed E-state index contributed by atoms with van der Waals surface area (Å²) in [5.74, 6) is 0.868. The maximum Gasteiger partial charge on any atom is 0.0316 e. The fraction of sp³-hybridized carbons (Fsp3) is 0.600. The summed E-state index contributed by atoms with van der Waals surface area (Å²) in [6.07, 6.45) is 2.65. The molecule has 0 amide bonds. The molecule has 2 nitrogen and oxygen atoms in total. The number of hydrogen-bond donors (Lipinski definition) is 1. The van der Waals surface area contributed by atoms with Crippen LogP contribution in [0.4, 0.5) is 0 Å². The Morgan fingerprint density at radius 3 is 2.53 bits per heavy atom. The van der Waals surface area contributed by atoms with Gasteiger partial charge in [0.25, 0.3) is 0 Å². The molecule has 1 atom stereocenters. The number of hydrogen-bond acceptors (Lipinski definition) is 2. The molecule has 2 heteroatoms. The Labute approximate surface area is 105 Å². The standard InChI is InChI=1S/C15H24N2/c1-13(15-6-4-3-5-7-15)17(2)12-14-8-10-16-11-9-14/h3-7,13-14,16H,8-12H2,1-2H3. The number of piperidine rings is 1. The lowest BCUT2D eigenvalue weighted by Crippen LogP contribution is -2.35. The summed E-state index contributed by atoms with van der Waals surface area (Å²) in [7, 11) is 2.25. The normalized spacial score (nSPS) is 19.5. The first-order valence-corrected chi connectivity index (χ1v) is 6.73. The topological polar surface area (TPSA) is 15.3 Å². The van der Waals surface area contributed by atoms with Gasteiger partial charge < -0.3 is 5.32 Å². The number of benzene rings is 1. The average Bonchev–Trinajstić information content (AvgIpc) is 2.40. The van der Waals surface area contributed by atoms with Crippen molar-refractivity contribution in [3.63, 3.8) is 0 Å². The van der Waals surface area contributed by atoms with Gasteiger partial charge in [-0.3, -0.25) is 4.90 Å². The largest absolute Gasteiger partial charge is 0.317 e. The van der Waals surface area contributed by atoms with Crippen LogP contribution in [-0.2, 0) is 0 Å². The molecule has 0 saturated carbocycles. The zero-order valence-corrected chi connectivity index (χ0v) is 11.0. The predicted molar refractivity (Wildman–Crippen MR) is 73.1 cm³/mol. The third kappa shape index (κ3) is 3.55. The Bertz CT molecular complexity index is 317. The molecule has 1 saturated heterocycles. The van der Waals surface area contributed by atoms with E-state index in [-0.39, 0.29) is 0 Å². The molecule has 94 valence electrons. The average molecular weight is 232 g/mol. The Hall–Kier alpha value is -0.860. The molecule has 1 fully saturated rings. The summed E-state index contributed by atoms with van der Waals surface area (Å²) in [6.45, 7) is 5.91. The van der Waals surface area contributed by atoms with Crippen LogP contribution in [0.1, 0.15) is 31.4 Å². The van der Waals surface area contributed by atoms with Gasteiger partial charge in [0.2, 0.25) is 0 Å². The van der Waals surface area contributed by atoms with Crippen molar-refractivity contribution in [2.45, 2.75) is 25.8 Å². The van der Waals surface area contributed by atoms with Crippen LogP contribution in [0, 0.1) is 5.92 Å². The summed E-state index contributed by atoms with van der Waals surface area (Å²) >= 11 is 0. The van der Waals surface area contributed by atoms with Gasteiger partial charge in [-0.2, -0.15) is 0 Å². The van der Waals surface area contributed by atoms with Gasteiger partial charge in [-0.15, -0.1) is 0 Å². The van der Waals surface area contributed by atoms with Crippen molar-refractivity contribution < 1.29 is 0 Å². The van der Waals surface area contributed by atoms with E-state index in [2.05, 4.69) is 54.5 Å². The molecule has 1 aromatic rings. The third-order valence-electron chi connectivity index (χ3n) is 3.95. The maximum absolute atomic E-state index is 3.43. The van der Waals surface area contributed by atoms with Gasteiger partial charge >= 0.3 is 0 Å². The molecule has 0 spiro atoms. The van der Waals surface area contributed by atoms with Crippen LogP contribution in [-0.4, -0.2) is 31.6 Å². The van der Waals surface area contributed by atoms with Crippen LogP contribution in [0.15, 0.2) is 30.3 Å². The second kappa shape index (κ2) is 6.18. The molecule has 1 aliphatic rings. The summed E-state index contributed by atoms with van der Waals surface area (Å²) in [5.41, 5.74) is 1.42. The zero-order valence-electron chi connectivity index (χ0n) is 11.0. The number of rotatable bonds is 4. The highest BCUT2D eigenvalue weighted by Gasteiger charge is 2.18. The maximum atomic E-state index is 3.43. The third-order valence-corrected chi connectivity index (χ3v) is 3.95. The minimum Gasteiger partial charge on any atom is -0.317 e. The van der Waals surface area contributed by atoms with Gasteiger partial charge in [0.05, 0.1) is 0 Å². The van der Waals surface area contributed by atoms with Gasteiger partial charge in [0.15, 0.2) is 0 Å². The monoisotopic (exact) mass is 232 g/mol. The molecule has 0 aromatic heterocycles. The van der Waals surface area contributed by atoms with Gasteiger partial charge in [-0.05, 0) is 51.4 Å². The van der Waals surface area contributed by atoms with Crippen molar-refractivity contribution in [3.05, 3.63) is 35.9 Å². The molecule has 0 bridgehead atoms. The van der Waals surface area contributed by atoms with Crippen LogP contribution in [0.25, 0.3) is 0 Å². The molecule has 0 radical (unpaired) electrons. The van der Waals surface area contributed by atoms with Gasteiger partial charge in [0.1, 0.15) is 0 Å². The van der Waals surface area contributed by atoms with E-state index in [9.17, 15) is 0 Å². The van der Waals surface area contributed by atoms with Gasteiger partial charge in [-0.1, -0.05) is 30.3 Å². The quantitative estimate of drug-likeness (QED) is 0.858. The first kappa shape index (κ1) is 12.6. The molecule has 0 aliphatic carbocycles. The Morgan fingerprint density at radius 2 is 1.88 bits per heavy atom. The highest BCUT2D eigenvalue weighted by atomic mass is 15.1. The minimum absolute atomic E-state index is 0.520. The van der Waals surface area contributed by atoms with Crippen LogP contribution in [0.3, 0.4) is 0 Å². The van der Waals surface area contributed by atoms with Crippen LogP contribution in [0.5, 0.6) is 0 Å². The molecular formula is C15H24N2. The Morgan fingerprint density at radius 1 is 1.24 bits per heavy atom. The van der Waals surface area contributed by atoms with E-state index in [1.807, 2.05) is 0 Å². The van der Waals surface area contributed by atoms with E-state index in [4.69, 9.17) is 0 Å². The van der Waals surface area contributed by atoms with Gasteiger partial charge in [-0.25, -0.2) is 0 Å². The lowest BCUT2D eigenvalue weighted by Gasteiger charge is -2.31. The SMILES string of the molecule is CC(c1ccccc1)N(C)CC1CCNCC1. The highest BCUT2D eigenvalue weighted by Crippen LogP contribution is 2.21. The van der Waals surface area contributed by atoms with Crippen molar-refractivity contribution in [1.29, 1.82) is 0 Å². The summed E-state index contributed by atoms with van der Waals surface area (Å²) < 4.78 is 0. The summed E-state index contributed by atoms with van der Waals surface area (Å²) in [6, 6.07) is 11.3. The van der Waals surface area contributed by atoms with E-state index in [0.717, 1.165) is 5.92 Å². The Balaban J connectivity index is 1.88.